The van der Waals surface area contributed by atoms with Crippen LogP contribution in [-0.2, 0) is 14.3 Å². The Morgan fingerprint density at radius 3 is 2.18 bits per heavy atom. The number of benzene rings is 2. The van der Waals surface area contributed by atoms with Crippen LogP contribution in [0.3, 0.4) is 0 Å². The van der Waals surface area contributed by atoms with E-state index in [0.717, 1.165) is 17.5 Å². The molecule has 0 spiro atoms. The van der Waals surface area contributed by atoms with E-state index in [1.54, 1.807) is 0 Å². The quantitative estimate of drug-likeness (QED) is 0.471. The van der Waals surface area contributed by atoms with Gasteiger partial charge in [0, 0.05) is 24.9 Å². The van der Waals surface area contributed by atoms with Crippen LogP contribution in [0.5, 0.6) is 0 Å². The Morgan fingerprint density at radius 1 is 1.00 bits per heavy atom. The number of fused-ring (bicyclic) bond motifs is 3. The summed E-state index contributed by atoms with van der Waals surface area (Å²) >= 11 is 0. The fourth-order valence-electron chi connectivity index (χ4n) is 4.25. The van der Waals surface area contributed by atoms with Gasteiger partial charge in [-0.05, 0) is 42.0 Å². The summed E-state index contributed by atoms with van der Waals surface area (Å²) < 4.78 is 5.53. The van der Waals surface area contributed by atoms with Crippen LogP contribution in [0.4, 0.5) is 4.79 Å². The van der Waals surface area contributed by atoms with Gasteiger partial charge in [-0.2, -0.15) is 0 Å². The maximum atomic E-state index is 12.3. The molecule has 3 rings (SSSR count). The molecule has 176 valence electrons. The second-order valence-corrected chi connectivity index (χ2v) is 8.54. The number of nitrogens with one attached hydrogen (secondary N) is 2. The van der Waals surface area contributed by atoms with E-state index in [1.807, 2.05) is 38.1 Å². The summed E-state index contributed by atoms with van der Waals surface area (Å²) in [5, 5.41) is 14.6. The molecule has 0 saturated carbocycles. The molecule has 2 aromatic carbocycles. The molecule has 2 atom stereocenters. The van der Waals surface area contributed by atoms with Crippen molar-refractivity contribution in [2.24, 2.45) is 5.92 Å². The highest BCUT2D eigenvalue weighted by molar-refractivity contribution is 5.79. The van der Waals surface area contributed by atoms with Gasteiger partial charge < -0.3 is 20.5 Å². The fraction of sp³-hybridized carbons (Fsp3) is 0.423. The first-order valence-electron chi connectivity index (χ1n) is 11.5. The monoisotopic (exact) mass is 452 g/mol. The number of ether oxygens (including phenoxy) is 1. The van der Waals surface area contributed by atoms with Gasteiger partial charge in [0.05, 0.1) is 5.92 Å². The predicted octanol–water partition coefficient (Wildman–Crippen LogP) is 4.31. The molecule has 1 aliphatic rings. The molecule has 0 aromatic heterocycles. The summed E-state index contributed by atoms with van der Waals surface area (Å²) in [6, 6.07) is 16.1. The lowest BCUT2D eigenvalue weighted by Gasteiger charge is -2.17. The van der Waals surface area contributed by atoms with E-state index in [0.29, 0.717) is 12.8 Å². The molecule has 33 heavy (non-hydrogen) atoms. The van der Waals surface area contributed by atoms with E-state index in [2.05, 4.69) is 34.9 Å². The second kappa shape index (κ2) is 11.5. The van der Waals surface area contributed by atoms with Crippen molar-refractivity contribution in [2.75, 3.05) is 13.2 Å². The van der Waals surface area contributed by atoms with Crippen LogP contribution in [0.1, 0.15) is 56.6 Å². The van der Waals surface area contributed by atoms with Crippen LogP contribution in [-0.4, -0.2) is 42.3 Å². The number of hydrogen-bond acceptors (Lipinski definition) is 4. The summed E-state index contributed by atoms with van der Waals surface area (Å²) in [4.78, 5) is 35.6. The van der Waals surface area contributed by atoms with Gasteiger partial charge in [0.1, 0.15) is 6.61 Å². The van der Waals surface area contributed by atoms with Gasteiger partial charge in [0.25, 0.3) is 0 Å². The number of carboxylic acid groups (broad SMARTS) is 1. The van der Waals surface area contributed by atoms with Crippen molar-refractivity contribution in [3.63, 3.8) is 0 Å². The standard InChI is InChI=1S/C26H32N2O5/c1-3-8-18(25(30)31)15-27-24(29)14-13-17(2)28-26(32)33-16-23-21-11-6-4-9-19(21)20-10-5-7-12-22(20)23/h4-7,9-12,17-18,23H,3,8,13-16H2,1-2H3,(H,27,29)(H,28,32)(H,30,31). The Kier molecular flexibility index (Phi) is 8.46. The van der Waals surface area contributed by atoms with Crippen LogP contribution in [0.15, 0.2) is 48.5 Å². The molecular weight excluding hydrogens is 420 g/mol. The maximum absolute atomic E-state index is 12.3. The highest BCUT2D eigenvalue weighted by Crippen LogP contribution is 2.44. The van der Waals surface area contributed by atoms with Gasteiger partial charge in [-0.3, -0.25) is 9.59 Å². The first-order valence-corrected chi connectivity index (χ1v) is 11.5. The Labute approximate surface area is 194 Å². The largest absolute Gasteiger partial charge is 0.481 e. The predicted molar refractivity (Wildman–Crippen MR) is 126 cm³/mol. The van der Waals surface area contributed by atoms with E-state index in [1.165, 1.54) is 11.1 Å². The molecule has 1 aliphatic carbocycles. The average Bonchev–Trinajstić information content (AvgIpc) is 3.12. The van der Waals surface area contributed by atoms with Crippen molar-refractivity contribution in [3.05, 3.63) is 59.7 Å². The van der Waals surface area contributed by atoms with Crippen LogP contribution < -0.4 is 10.6 Å². The Balaban J connectivity index is 1.43. The van der Waals surface area contributed by atoms with E-state index in [9.17, 15) is 14.4 Å². The Hall–Kier alpha value is -3.35. The zero-order valence-corrected chi connectivity index (χ0v) is 19.2. The number of carbonyl (C=O) groups excluding carboxylic acids is 2. The number of rotatable bonds is 11. The highest BCUT2D eigenvalue weighted by atomic mass is 16.5. The van der Waals surface area contributed by atoms with Gasteiger partial charge in [0.15, 0.2) is 0 Å². The van der Waals surface area contributed by atoms with Gasteiger partial charge in [-0.15, -0.1) is 0 Å². The number of carbonyl (C=O) groups is 3. The van der Waals surface area contributed by atoms with E-state index in [-0.39, 0.29) is 37.4 Å². The first-order chi connectivity index (χ1) is 15.9. The van der Waals surface area contributed by atoms with Crippen molar-refractivity contribution in [2.45, 2.75) is 51.5 Å². The third-order valence-corrected chi connectivity index (χ3v) is 6.04. The number of carboxylic acids is 1. The summed E-state index contributed by atoms with van der Waals surface area (Å²) in [7, 11) is 0. The van der Waals surface area contributed by atoms with Crippen molar-refractivity contribution < 1.29 is 24.2 Å². The molecule has 2 aromatic rings. The lowest BCUT2D eigenvalue weighted by atomic mass is 9.98. The molecule has 0 bridgehead atoms. The zero-order valence-electron chi connectivity index (χ0n) is 19.2. The van der Waals surface area contributed by atoms with E-state index < -0.39 is 18.0 Å². The molecular formula is C26H32N2O5. The van der Waals surface area contributed by atoms with Crippen LogP contribution >= 0.6 is 0 Å². The number of hydrogen-bond donors (Lipinski definition) is 3. The Bertz CT molecular complexity index is 945. The summed E-state index contributed by atoms with van der Waals surface area (Å²) in [5.41, 5.74) is 4.65. The smallest absolute Gasteiger partial charge is 0.407 e. The molecule has 0 saturated heterocycles. The molecule has 0 heterocycles. The van der Waals surface area contributed by atoms with E-state index >= 15 is 0 Å². The van der Waals surface area contributed by atoms with Gasteiger partial charge in [-0.1, -0.05) is 61.9 Å². The topological polar surface area (TPSA) is 105 Å². The van der Waals surface area contributed by atoms with Crippen molar-refractivity contribution >= 4 is 18.0 Å². The van der Waals surface area contributed by atoms with E-state index in [4.69, 9.17) is 9.84 Å². The van der Waals surface area contributed by atoms with Crippen LogP contribution in [0.2, 0.25) is 0 Å². The molecule has 0 aliphatic heterocycles. The molecule has 2 amide bonds. The molecule has 7 heteroatoms. The molecule has 2 unspecified atom stereocenters. The van der Waals surface area contributed by atoms with Crippen molar-refractivity contribution in [1.82, 2.24) is 10.6 Å². The fourth-order valence-corrected chi connectivity index (χ4v) is 4.25. The summed E-state index contributed by atoms with van der Waals surface area (Å²) in [6.45, 7) is 4.08. The highest BCUT2D eigenvalue weighted by Gasteiger charge is 2.29. The normalized spacial score (nSPS) is 14.0. The number of alkyl carbamates (subject to hydrolysis) is 1. The number of aliphatic carboxylic acids is 1. The second-order valence-electron chi connectivity index (χ2n) is 8.54. The summed E-state index contributed by atoms with van der Waals surface area (Å²) in [5.74, 6) is -1.70. The minimum atomic E-state index is -0.901. The average molecular weight is 453 g/mol. The number of amides is 2. The lowest BCUT2D eigenvalue weighted by molar-refractivity contribution is -0.141. The van der Waals surface area contributed by atoms with Gasteiger partial charge in [-0.25, -0.2) is 4.79 Å². The zero-order chi connectivity index (χ0) is 23.8. The third kappa shape index (κ3) is 6.34. The lowest BCUT2D eigenvalue weighted by Crippen LogP contribution is -2.36. The molecule has 7 nitrogen and oxygen atoms in total. The minimum absolute atomic E-state index is 0.00506. The molecule has 0 fully saturated rings. The maximum Gasteiger partial charge on any atom is 0.407 e. The summed E-state index contributed by atoms with van der Waals surface area (Å²) in [6.07, 6.45) is 1.38. The minimum Gasteiger partial charge on any atom is -0.481 e. The van der Waals surface area contributed by atoms with Crippen LogP contribution in [0, 0.1) is 5.92 Å². The van der Waals surface area contributed by atoms with Crippen molar-refractivity contribution in [1.29, 1.82) is 0 Å². The first kappa shape index (κ1) is 24.3. The molecule has 3 N–H and O–H groups in total. The SMILES string of the molecule is CCCC(CNC(=O)CCC(C)NC(=O)OCC1c2ccccc2-c2ccccc21)C(=O)O. The molecule has 0 radical (unpaired) electrons. The van der Waals surface area contributed by atoms with Gasteiger partial charge in [0.2, 0.25) is 5.91 Å². The Morgan fingerprint density at radius 2 is 1.61 bits per heavy atom. The van der Waals surface area contributed by atoms with Gasteiger partial charge >= 0.3 is 12.1 Å². The third-order valence-electron chi connectivity index (χ3n) is 6.04. The van der Waals surface area contributed by atoms with Crippen LogP contribution in [0.25, 0.3) is 11.1 Å². The van der Waals surface area contributed by atoms with Crippen molar-refractivity contribution in [3.8, 4) is 11.1 Å².